The van der Waals surface area contributed by atoms with Gasteiger partial charge in [0.2, 0.25) is 0 Å². The van der Waals surface area contributed by atoms with Crippen LogP contribution in [0.4, 0.5) is 5.69 Å². The first kappa shape index (κ1) is 12.9. The summed E-state index contributed by atoms with van der Waals surface area (Å²) in [5.41, 5.74) is 0.709. The lowest BCUT2D eigenvalue weighted by atomic mass is 9.45. The molecular formula is C20H22N2O2. The van der Waals surface area contributed by atoms with Crippen molar-refractivity contribution in [2.24, 2.45) is 11.3 Å². The SMILES string of the molecule is O=C1C2(O)CC34CCCN5CC2[C@@]2(c6ccccc6NC12CC3)[C@@H]54. The fraction of sp³-hybridized carbons (Fsp3) is 0.650. The predicted octanol–water partition coefficient (Wildman–Crippen LogP) is 1.68. The maximum absolute atomic E-state index is 13.7. The topological polar surface area (TPSA) is 52.6 Å². The summed E-state index contributed by atoms with van der Waals surface area (Å²) in [6, 6.07) is 8.97. The molecule has 124 valence electrons. The van der Waals surface area contributed by atoms with Crippen molar-refractivity contribution in [2.45, 2.75) is 54.7 Å². The van der Waals surface area contributed by atoms with E-state index in [-0.39, 0.29) is 22.5 Å². The molecule has 4 heteroatoms. The minimum absolute atomic E-state index is 0.0603. The minimum atomic E-state index is -1.12. The van der Waals surface area contributed by atoms with Crippen molar-refractivity contribution < 1.29 is 9.90 Å². The molecular weight excluding hydrogens is 300 g/mol. The third-order valence-corrected chi connectivity index (χ3v) is 8.87. The number of Topliss-reactive ketones (excluding diaryl/α,β-unsaturated/α-hetero) is 1. The fourth-order valence-electron chi connectivity index (χ4n) is 8.60. The van der Waals surface area contributed by atoms with Crippen LogP contribution in [0.5, 0.6) is 0 Å². The quantitative estimate of drug-likeness (QED) is 0.763. The molecule has 3 saturated carbocycles. The van der Waals surface area contributed by atoms with Gasteiger partial charge in [0.15, 0.2) is 5.78 Å². The zero-order valence-corrected chi connectivity index (χ0v) is 13.7. The first-order chi connectivity index (χ1) is 11.6. The lowest BCUT2D eigenvalue weighted by Crippen LogP contribution is -2.70. The van der Waals surface area contributed by atoms with Crippen LogP contribution in [-0.4, -0.2) is 46.1 Å². The molecule has 6 atom stereocenters. The van der Waals surface area contributed by atoms with Crippen LogP contribution in [0.1, 0.15) is 37.7 Å². The standard InChI is InChI=1S/C20H22N2O2/c23-16-18(24)11-17-6-3-9-22-10-14(18)20(15(17)22)12-4-1-2-5-13(12)21-19(16,20)8-7-17/h1-2,4-5,14-15,21,24H,3,6-11H2/t14?,15-,17?,18?,19?,20-/m0/s1. The molecule has 1 aromatic rings. The number of hydrogen-bond donors (Lipinski definition) is 2. The van der Waals surface area contributed by atoms with Gasteiger partial charge in [0, 0.05) is 24.2 Å². The largest absolute Gasteiger partial charge is 0.382 e. The molecule has 7 rings (SSSR count). The van der Waals surface area contributed by atoms with E-state index in [2.05, 4.69) is 34.5 Å². The Hall–Kier alpha value is -1.39. The highest BCUT2D eigenvalue weighted by atomic mass is 16.3. The van der Waals surface area contributed by atoms with Crippen LogP contribution in [-0.2, 0) is 10.2 Å². The first-order valence-electron chi connectivity index (χ1n) is 9.48. The van der Waals surface area contributed by atoms with Crippen LogP contribution in [0.3, 0.4) is 0 Å². The second-order valence-electron chi connectivity index (χ2n) is 9.29. The van der Waals surface area contributed by atoms with Gasteiger partial charge in [0.05, 0.1) is 5.41 Å². The van der Waals surface area contributed by atoms with Gasteiger partial charge in [0.25, 0.3) is 0 Å². The van der Waals surface area contributed by atoms with Crippen LogP contribution in [0, 0.1) is 11.3 Å². The predicted molar refractivity (Wildman–Crippen MR) is 88.8 cm³/mol. The maximum atomic E-state index is 13.7. The monoisotopic (exact) mass is 322 g/mol. The molecule has 3 aliphatic carbocycles. The van der Waals surface area contributed by atoms with Crippen molar-refractivity contribution >= 4 is 11.5 Å². The summed E-state index contributed by atoms with van der Waals surface area (Å²) in [5.74, 6) is 0.173. The van der Waals surface area contributed by atoms with E-state index in [1.807, 2.05) is 0 Å². The molecule has 4 unspecified atom stereocenters. The third-order valence-electron chi connectivity index (χ3n) is 8.87. The van der Waals surface area contributed by atoms with Gasteiger partial charge < -0.3 is 10.4 Å². The molecule has 1 spiro atoms. The second kappa shape index (κ2) is 3.32. The molecule has 3 aliphatic heterocycles. The Morgan fingerprint density at radius 1 is 1.21 bits per heavy atom. The number of hydrogen-bond acceptors (Lipinski definition) is 4. The van der Waals surface area contributed by atoms with Gasteiger partial charge in [0.1, 0.15) is 11.1 Å². The highest BCUT2D eigenvalue weighted by Gasteiger charge is 2.90. The summed E-state index contributed by atoms with van der Waals surface area (Å²) in [6.45, 7) is 2.03. The number of nitrogens with zero attached hydrogens (tertiary/aromatic N) is 1. The molecule has 0 aromatic heterocycles. The summed E-state index contributed by atoms with van der Waals surface area (Å²) < 4.78 is 0. The minimum Gasteiger partial charge on any atom is -0.382 e. The Bertz CT molecular complexity index is 839. The maximum Gasteiger partial charge on any atom is 0.190 e. The van der Waals surface area contributed by atoms with Gasteiger partial charge in [-0.05, 0) is 55.7 Å². The van der Waals surface area contributed by atoms with Crippen molar-refractivity contribution in [1.82, 2.24) is 4.90 Å². The molecule has 5 fully saturated rings. The number of benzene rings is 1. The molecule has 2 saturated heterocycles. The summed E-state index contributed by atoms with van der Waals surface area (Å²) in [6.07, 6.45) is 5.07. The number of aliphatic hydroxyl groups is 1. The first-order valence-corrected chi connectivity index (χ1v) is 9.48. The fourth-order valence-corrected chi connectivity index (χ4v) is 8.60. The van der Waals surface area contributed by atoms with E-state index in [0.717, 1.165) is 31.6 Å². The van der Waals surface area contributed by atoms with Crippen LogP contribution >= 0.6 is 0 Å². The Morgan fingerprint density at radius 3 is 3.00 bits per heavy atom. The number of carbonyl (C=O) groups is 1. The van der Waals surface area contributed by atoms with Gasteiger partial charge >= 0.3 is 0 Å². The van der Waals surface area contributed by atoms with E-state index >= 15 is 0 Å². The van der Waals surface area contributed by atoms with E-state index in [4.69, 9.17) is 0 Å². The van der Waals surface area contributed by atoms with Crippen molar-refractivity contribution in [1.29, 1.82) is 0 Å². The number of ketones is 1. The van der Waals surface area contributed by atoms with Crippen molar-refractivity contribution in [3.05, 3.63) is 29.8 Å². The average Bonchev–Trinajstić information content (AvgIpc) is 3.09. The second-order valence-corrected chi connectivity index (χ2v) is 9.29. The number of rotatable bonds is 0. The van der Waals surface area contributed by atoms with E-state index < -0.39 is 11.1 Å². The number of carbonyl (C=O) groups excluding carboxylic acids is 1. The lowest BCUT2D eigenvalue weighted by molar-refractivity contribution is -0.144. The van der Waals surface area contributed by atoms with E-state index in [1.165, 1.54) is 18.4 Å². The summed E-state index contributed by atoms with van der Waals surface area (Å²) in [5, 5.41) is 15.4. The molecule has 2 N–H and O–H groups in total. The Kier molecular flexibility index (Phi) is 1.78. The van der Waals surface area contributed by atoms with E-state index in [1.54, 1.807) is 0 Å². The number of anilines is 1. The van der Waals surface area contributed by atoms with Crippen molar-refractivity contribution in [3.63, 3.8) is 0 Å². The molecule has 0 radical (unpaired) electrons. The Morgan fingerprint density at radius 2 is 2.08 bits per heavy atom. The molecule has 6 aliphatic rings. The van der Waals surface area contributed by atoms with E-state index in [0.29, 0.717) is 12.5 Å². The summed E-state index contributed by atoms with van der Waals surface area (Å²) in [4.78, 5) is 16.3. The molecule has 24 heavy (non-hydrogen) atoms. The molecule has 3 heterocycles. The van der Waals surface area contributed by atoms with Gasteiger partial charge in [-0.25, -0.2) is 0 Å². The number of nitrogens with one attached hydrogen (secondary N) is 1. The number of fused-ring (bicyclic) bond motifs is 1. The summed E-state index contributed by atoms with van der Waals surface area (Å²) in [7, 11) is 0. The lowest BCUT2D eigenvalue weighted by Gasteiger charge is -2.61. The molecule has 5 bridgehead atoms. The third kappa shape index (κ3) is 0.904. The number of piperidine rings is 1. The highest BCUT2D eigenvalue weighted by Crippen LogP contribution is 2.79. The zero-order chi connectivity index (χ0) is 15.9. The van der Waals surface area contributed by atoms with Gasteiger partial charge in [-0.2, -0.15) is 0 Å². The van der Waals surface area contributed by atoms with Crippen LogP contribution in [0.15, 0.2) is 24.3 Å². The normalized spacial score (nSPS) is 55.5. The molecule has 0 amide bonds. The van der Waals surface area contributed by atoms with Gasteiger partial charge in [-0.15, -0.1) is 0 Å². The average molecular weight is 322 g/mol. The van der Waals surface area contributed by atoms with E-state index in [9.17, 15) is 9.90 Å². The smallest absolute Gasteiger partial charge is 0.190 e. The van der Waals surface area contributed by atoms with Crippen molar-refractivity contribution in [3.8, 4) is 0 Å². The Balaban J connectivity index is 1.66. The summed E-state index contributed by atoms with van der Waals surface area (Å²) >= 11 is 0. The van der Waals surface area contributed by atoms with Gasteiger partial charge in [-0.3, -0.25) is 9.69 Å². The zero-order valence-electron chi connectivity index (χ0n) is 13.7. The molecule has 1 aromatic carbocycles. The highest BCUT2D eigenvalue weighted by molar-refractivity contribution is 6.07. The molecule has 4 nitrogen and oxygen atoms in total. The van der Waals surface area contributed by atoms with Gasteiger partial charge in [-0.1, -0.05) is 18.2 Å². The van der Waals surface area contributed by atoms with Crippen LogP contribution in [0.25, 0.3) is 0 Å². The van der Waals surface area contributed by atoms with Crippen LogP contribution in [0.2, 0.25) is 0 Å². The van der Waals surface area contributed by atoms with Crippen molar-refractivity contribution in [2.75, 3.05) is 18.4 Å². The number of para-hydroxylation sites is 1. The van der Waals surface area contributed by atoms with Crippen LogP contribution < -0.4 is 5.32 Å². The Labute approximate surface area is 141 Å².